The van der Waals surface area contributed by atoms with E-state index in [1.54, 1.807) is 0 Å². The van der Waals surface area contributed by atoms with Crippen LogP contribution in [0.5, 0.6) is 0 Å². The highest BCUT2D eigenvalue weighted by molar-refractivity contribution is 6.05. The number of carbonyl (C=O) groups is 2. The number of hydrogen-bond donors (Lipinski definition) is 2. The number of benzene rings is 3. The number of halogens is 5. The standard InChI is InChI=1S/C23H15F5N2O2/c24-15-5-3-4-14(12-15)8-11-21(31)30-20-10-9-16(13-18(20)23(26,27)28)29-22(32)17-6-1-2-7-19(17)25/h1-13H,(H,29,32)(H,30,31)/b11-8+. The Morgan fingerprint density at radius 3 is 2.28 bits per heavy atom. The molecule has 164 valence electrons. The normalized spacial score (nSPS) is 11.4. The van der Waals surface area contributed by atoms with Crippen molar-refractivity contribution in [1.82, 2.24) is 0 Å². The molecule has 0 atom stereocenters. The number of alkyl halides is 3. The molecule has 2 amide bonds. The second-order valence-electron chi connectivity index (χ2n) is 6.57. The molecule has 0 saturated heterocycles. The van der Waals surface area contributed by atoms with Crippen molar-refractivity contribution in [1.29, 1.82) is 0 Å². The number of carbonyl (C=O) groups excluding carboxylic acids is 2. The van der Waals surface area contributed by atoms with E-state index in [4.69, 9.17) is 0 Å². The molecule has 4 nitrogen and oxygen atoms in total. The summed E-state index contributed by atoms with van der Waals surface area (Å²) in [7, 11) is 0. The summed E-state index contributed by atoms with van der Waals surface area (Å²) < 4.78 is 67.4. The molecular weight excluding hydrogens is 431 g/mol. The van der Waals surface area contributed by atoms with Gasteiger partial charge in [-0.15, -0.1) is 0 Å². The fraction of sp³-hybridized carbons (Fsp3) is 0.0435. The zero-order valence-electron chi connectivity index (χ0n) is 16.2. The van der Waals surface area contributed by atoms with Gasteiger partial charge in [0.15, 0.2) is 0 Å². The third kappa shape index (κ3) is 5.78. The molecule has 0 unspecified atom stereocenters. The predicted octanol–water partition coefficient (Wildman–Crippen LogP) is 5.89. The van der Waals surface area contributed by atoms with Crippen molar-refractivity contribution in [2.45, 2.75) is 6.18 Å². The van der Waals surface area contributed by atoms with Crippen LogP contribution in [0.15, 0.2) is 72.8 Å². The fourth-order valence-corrected chi connectivity index (χ4v) is 2.77. The number of hydrogen-bond acceptors (Lipinski definition) is 2. The molecule has 0 bridgehead atoms. The van der Waals surface area contributed by atoms with Crippen LogP contribution in [0.2, 0.25) is 0 Å². The first-order valence-corrected chi connectivity index (χ1v) is 9.15. The van der Waals surface area contributed by atoms with Crippen molar-refractivity contribution >= 4 is 29.3 Å². The Balaban J connectivity index is 1.80. The highest BCUT2D eigenvalue weighted by atomic mass is 19.4. The van der Waals surface area contributed by atoms with Crippen LogP contribution < -0.4 is 10.6 Å². The van der Waals surface area contributed by atoms with Crippen LogP contribution in [0.4, 0.5) is 33.3 Å². The molecule has 0 aliphatic heterocycles. The minimum atomic E-state index is -4.85. The van der Waals surface area contributed by atoms with Gasteiger partial charge in [0.1, 0.15) is 11.6 Å². The van der Waals surface area contributed by atoms with Gasteiger partial charge in [0.2, 0.25) is 5.91 Å². The first kappa shape index (κ1) is 22.7. The van der Waals surface area contributed by atoms with Gasteiger partial charge in [0.25, 0.3) is 5.91 Å². The first-order valence-electron chi connectivity index (χ1n) is 9.15. The summed E-state index contributed by atoms with van der Waals surface area (Å²) in [5, 5.41) is 4.31. The molecule has 0 radical (unpaired) electrons. The lowest BCUT2D eigenvalue weighted by Gasteiger charge is -2.15. The van der Waals surface area contributed by atoms with Crippen LogP contribution in [-0.4, -0.2) is 11.8 Å². The Morgan fingerprint density at radius 2 is 1.59 bits per heavy atom. The van der Waals surface area contributed by atoms with Crippen LogP contribution in [-0.2, 0) is 11.0 Å². The van der Waals surface area contributed by atoms with Gasteiger partial charge in [-0.05, 0) is 54.1 Å². The van der Waals surface area contributed by atoms with Crippen LogP contribution in [0.1, 0.15) is 21.5 Å². The molecule has 0 saturated carbocycles. The first-order chi connectivity index (χ1) is 15.1. The zero-order chi connectivity index (χ0) is 23.3. The quantitative estimate of drug-likeness (QED) is 0.379. The summed E-state index contributed by atoms with van der Waals surface area (Å²) in [5.41, 5.74) is -1.98. The van der Waals surface area contributed by atoms with Crippen LogP contribution in [0, 0.1) is 11.6 Å². The number of nitrogens with one attached hydrogen (secondary N) is 2. The molecular formula is C23H15F5N2O2. The van der Waals surface area contributed by atoms with Gasteiger partial charge in [-0.3, -0.25) is 9.59 Å². The van der Waals surface area contributed by atoms with Gasteiger partial charge in [-0.1, -0.05) is 24.3 Å². The van der Waals surface area contributed by atoms with E-state index in [0.29, 0.717) is 11.6 Å². The van der Waals surface area contributed by atoms with Gasteiger partial charge in [-0.2, -0.15) is 13.2 Å². The van der Waals surface area contributed by atoms with E-state index in [9.17, 15) is 31.5 Å². The Morgan fingerprint density at radius 1 is 0.844 bits per heavy atom. The van der Waals surface area contributed by atoms with E-state index >= 15 is 0 Å². The Kier molecular flexibility index (Phi) is 6.67. The van der Waals surface area contributed by atoms with E-state index in [0.717, 1.165) is 30.3 Å². The molecule has 0 spiro atoms. The molecule has 9 heteroatoms. The Labute approximate surface area is 179 Å². The smallest absolute Gasteiger partial charge is 0.322 e. The Hall–Kier alpha value is -4.01. The van der Waals surface area contributed by atoms with E-state index in [-0.39, 0.29) is 11.3 Å². The summed E-state index contributed by atoms with van der Waals surface area (Å²) in [6.45, 7) is 0. The zero-order valence-corrected chi connectivity index (χ0v) is 16.2. The fourth-order valence-electron chi connectivity index (χ4n) is 2.77. The van der Waals surface area contributed by atoms with E-state index in [1.807, 2.05) is 0 Å². The van der Waals surface area contributed by atoms with Crippen molar-refractivity contribution in [3.05, 3.63) is 101 Å². The molecule has 0 aliphatic carbocycles. The van der Waals surface area contributed by atoms with E-state index in [1.165, 1.54) is 42.5 Å². The van der Waals surface area contributed by atoms with Crippen molar-refractivity contribution in [3.8, 4) is 0 Å². The van der Waals surface area contributed by atoms with Gasteiger partial charge in [0, 0.05) is 11.8 Å². The minimum absolute atomic E-state index is 0.237. The predicted molar refractivity (Wildman–Crippen MR) is 110 cm³/mol. The maximum Gasteiger partial charge on any atom is 0.418 e. The molecule has 0 fully saturated rings. The average molecular weight is 446 g/mol. The topological polar surface area (TPSA) is 58.2 Å². The lowest BCUT2D eigenvalue weighted by Crippen LogP contribution is -2.17. The summed E-state index contributed by atoms with van der Waals surface area (Å²) in [5.74, 6) is -3.15. The highest BCUT2D eigenvalue weighted by Crippen LogP contribution is 2.36. The molecule has 0 aromatic heterocycles. The molecule has 0 heterocycles. The Bertz CT molecular complexity index is 1190. The maximum absolute atomic E-state index is 13.7. The van der Waals surface area contributed by atoms with Gasteiger partial charge >= 0.3 is 6.18 Å². The van der Waals surface area contributed by atoms with E-state index < -0.39 is 40.9 Å². The largest absolute Gasteiger partial charge is 0.418 e. The second-order valence-corrected chi connectivity index (χ2v) is 6.57. The summed E-state index contributed by atoms with van der Waals surface area (Å²) >= 11 is 0. The number of anilines is 2. The highest BCUT2D eigenvalue weighted by Gasteiger charge is 2.34. The lowest BCUT2D eigenvalue weighted by molar-refractivity contribution is -0.136. The summed E-state index contributed by atoms with van der Waals surface area (Å²) in [6, 6.07) is 13.0. The average Bonchev–Trinajstić information content (AvgIpc) is 2.73. The molecule has 3 aromatic carbocycles. The summed E-state index contributed by atoms with van der Waals surface area (Å²) in [4.78, 5) is 24.2. The van der Waals surface area contributed by atoms with Gasteiger partial charge < -0.3 is 10.6 Å². The monoisotopic (exact) mass is 446 g/mol. The van der Waals surface area contributed by atoms with Crippen molar-refractivity contribution < 1.29 is 31.5 Å². The molecule has 32 heavy (non-hydrogen) atoms. The molecule has 2 N–H and O–H groups in total. The summed E-state index contributed by atoms with van der Waals surface area (Å²) in [6.07, 6.45) is -2.65. The second kappa shape index (κ2) is 9.42. The molecule has 3 aromatic rings. The van der Waals surface area contributed by atoms with Crippen molar-refractivity contribution in [3.63, 3.8) is 0 Å². The SMILES string of the molecule is O=C(/C=C/c1cccc(F)c1)Nc1ccc(NC(=O)c2ccccc2F)cc1C(F)(F)F. The van der Waals surface area contributed by atoms with Crippen LogP contribution in [0.3, 0.4) is 0 Å². The number of amides is 2. The maximum atomic E-state index is 13.7. The lowest BCUT2D eigenvalue weighted by atomic mass is 10.1. The van der Waals surface area contributed by atoms with Crippen LogP contribution >= 0.6 is 0 Å². The third-order valence-electron chi connectivity index (χ3n) is 4.24. The third-order valence-corrected chi connectivity index (χ3v) is 4.24. The number of rotatable bonds is 5. The van der Waals surface area contributed by atoms with Gasteiger partial charge in [0.05, 0.1) is 16.8 Å². The van der Waals surface area contributed by atoms with Crippen molar-refractivity contribution in [2.75, 3.05) is 10.6 Å². The van der Waals surface area contributed by atoms with Gasteiger partial charge in [-0.25, -0.2) is 8.78 Å². The molecule has 0 aliphatic rings. The molecule has 3 rings (SSSR count). The minimum Gasteiger partial charge on any atom is -0.322 e. The van der Waals surface area contributed by atoms with E-state index in [2.05, 4.69) is 10.6 Å². The van der Waals surface area contributed by atoms with Crippen LogP contribution in [0.25, 0.3) is 6.08 Å². The van der Waals surface area contributed by atoms with Crippen molar-refractivity contribution in [2.24, 2.45) is 0 Å².